The predicted molar refractivity (Wildman–Crippen MR) is 172 cm³/mol. The fraction of sp³-hybridized carbons (Fsp3) is 0.212. The summed E-state index contributed by atoms with van der Waals surface area (Å²) in [6.07, 6.45) is 0.213. The number of para-hydroxylation sites is 1. The third-order valence-electron chi connectivity index (χ3n) is 6.73. The van der Waals surface area contributed by atoms with Gasteiger partial charge in [0.1, 0.15) is 12.6 Å². The number of anilines is 1. The van der Waals surface area contributed by atoms with Gasteiger partial charge in [-0.15, -0.1) is 0 Å². The molecule has 0 fully saturated rings. The van der Waals surface area contributed by atoms with Crippen LogP contribution in [0.25, 0.3) is 0 Å². The molecule has 0 unspecified atom stereocenters. The van der Waals surface area contributed by atoms with Gasteiger partial charge in [0, 0.05) is 29.1 Å². The zero-order valence-electron chi connectivity index (χ0n) is 23.9. The van der Waals surface area contributed by atoms with Gasteiger partial charge in [0.15, 0.2) is 0 Å². The van der Waals surface area contributed by atoms with E-state index < -0.39 is 28.5 Å². The van der Waals surface area contributed by atoms with E-state index in [1.165, 1.54) is 29.2 Å². The lowest BCUT2D eigenvalue weighted by molar-refractivity contribution is -0.140. The lowest BCUT2D eigenvalue weighted by Gasteiger charge is -2.34. The molecule has 0 aliphatic rings. The molecule has 2 amide bonds. The number of benzene rings is 4. The van der Waals surface area contributed by atoms with E-state index in [-0.39, 0.29) is 29.8 Å². The van der Waals surface area contributed by atoms with E-state index in [1.807, 2.05) is 44.2 Å². The van der Waals surface area contributed by atoms with E-state index in [0.717, 1.165) is 9.87 Å². The second-order valence-electron chi connectivity index (χ2n) is 10.3. The maximum atomic E-state index is 14.4. The van der Waals surface area contributed by atoms with Gasteiger partial charge in [-0.2, -0.15) is 0 Å². The summed E-state index contributed by atoms with van der Waals surface area (Å²) in [4.78, 5) is 29.5. The minimum Gasteiger partial charge on any atom is -0.352 e. The second kappa shape index (κ2) is 14.6. The van der Waals surface area contributed by atoms with Crippen LogP contribution in [0.2, 0.25) is 10.0 Å². The van der Waals surface area contributed by atoms with Gasteiger partial charge in [-0.1, -0.05) is 89.9 Å². The summed E-state index contributed by atoms with van der Waals surface area (Å²) < 4.78 is 29.0. The quantitative estimate of drug-likeness (QED) is 0.196. The summed E-state index contributed by atoms with van der Waals surface area (Å²) in [6, 6.07) is 29.4. The second-order valence-corrected chi connectivity index (χ2v) is 13.0. The van der Waals surface area contributed by atoms with Crippen LogP contribution in [-0.4, -0.2) is 43.8 Å². The number of hydrogen-bond donors (Lipinski definition) is 1. The number of carbonyl (C=O) groups is 2. The van der Waals surface area contributed by atoms with Crippen LogP contribution >= 0.6 is 23.2 Å². The molecule has 4 aromatic rings. The van der Waals surface area contributed by atoms with Crippen molar-refractivity contribution in [3.63, 3.8) is 0 Å². The van der Waals surface area contributed by atoms with Crippen molar-refractivity contribution in [2.45, 2.75) is 43.8 Å². The Balaban J connectivity index is 1.79. The summed E-state index contributed by atoms with van der Waals surface area (Å²) in [6.45, 7) is 3.12. The van der Waals surface area contributed by atoms with Crippen molar-refractivity contribution < 1.29 is 18.0 Å². The van der Waals surface area contributed by atoms with Gasteiger partial charge in [0.2, 0.25) is 11.8 Å². The first-order valence-electron chi connectivity index (χ1n) is 13.8. The van der Waals surface area contributed by atoms with Crippen LogP contribution in [0.4, 0.5) is 5.69 Å². The smallest absolute Gasteiger partial charge is 0.264 e. The highest BCUT2D eigenvalue weighted by molar-refractivity contribution is 7.92. The minimum absolute atomic E-state index is 0.00879. The highest BCUT2D eigenvalue weighted by Crippen LogP contribution is 2.26. The number of nitrogens with zero attached hydrogens (tertiary/aromatic N) is 2. The Morgan fingerprint density at radius 1 is 0.791 bits per heavy atom. The van der Waals surface area contributed by atoms with Crippen molar-refractivity contribution in [3.05, 3.63) is 130 Å². The van der Waals surface area contributed by atoms with E-state index in [0.29, 0.717) is 21.3 Å². The molecule has 0 aliphatic carbocycles. The fourth-order valence-electron chi connectivity index (χ4n) is 4.60. The lowest BCUT2D eigenvalue weighted by Crippen LogP contribution is -2.54. The van der Waals surface area contributed by atoms with Crippen molar-refractivity contribution >= 4 is 50.7 Å². The Bertz CT molecular complexity index is 1630. The summed E-state index contributed by atoms with van der Waals surface area (Å²) in [5.74, 6) is -0.924. The van der Waals surface area contributed by atoms with Gasteiger partial charge in [0.05, 0.1) is 10.6 Å². The van der Waals surface area contributed by atoms with Crippen LogP contribution in [0.1, 0.15) is 25.0 Å². The zero-order chi connectivity index (χ0) is 31.0. The van der Waals surface area contributed by atoms with Crippen LogP contribution < -0.4 is 9.62 Å². The molecule has 0 spiro atoms. The molecule has 1 atom stereocenters. The number of hydrogen-bond acceptors (Lipinski definition) is 4. The molecular formula is C33H33Cl2N3O4S. The molecule has 0 saturated carbocycles. The Hall–Kier alpha value is -3.85. The maximum absolute atomic E-state index is 14.4. The van der Waals surface area contributed by atoms with Crippen LogP contribution in [0.5, 0.6) is 0 Å². The molecule has 0 heterocycles. The Morgan fingerprint density at radius 2 is 1.37 bits per heavy atom. The normalized spacial score (nSPS) is 12.0. The van der Waals surface area contributed by atoms with Crippen LogP contribution in [0, 0.1) is 0 Å². The molecule has 10 heteroatoms. The van der Waals surface area contributed by atoms with Crippen molar-refractivity contribution in [2.75, 3.05) is 10.8 Å². The van der Waals surface area contributed by atoms with E-state index in [4.69, 9.17) is 23.2 Å². The van der Waals surface area contributed by atoms with E-state index in [9.17, 15) is 18.0 Å². The Morgan fingerprint density at radius 3 is 1.98 bits per heavy atom. The largest absolute Gasteiger partial charge is 0.352 e. The summed E-state index contributed by atoms with van der Waals surface area (Å²) in [5, 5.41) is 3.74. The predicted octanol–water partition coefficient (Wildman–Crippen LogP) is 6.35. The molecule has 43 heavy (non-hydrogen) atoms. The molecule has 0 bridgehead atoms. The highest BCUT2D eigenvalue weighted by atomic mass is 35.5. The summed E-state index contributed by atoms with van der Waals surface area (Å²) in [5.41, 5.74) is 1.77. The number of sulfonamides is 1. The average molecular weight is 639 g/mol. The number of carbonyl (C=O) groups excluding carboxylic acids is 2. The fourth-order valence-corrected chi connectivity index (χ4v) is 6.34. The lowest BCUT2D eigenvalue weighted by atomic mass is 10.0. The van der Waals surface area contributed by atoms with Crippen molar-refractivity contribution in [3.8, 4) is 0 Å². The highest BCUT2D eigenvalue weighted by Gasteiger charge is 2.35. The molecule has 0 aliphatic heterocycles. The molecule has 4 rings (SSSR count). The van der Waals surface area contributed by atoms with Crippen LogP contribution in [-0.2, 0) is 32.6 Å². The van der Waals surface area contributed by atoms with Gasteiger partial charge in [-0.25, -0.2) is 8.42 Å². The Labute approximate surface area is 263 Å². The number of rotatable bonds is 12. The van der Waals surface area contributed by atoms with Crippen LogP contribution in [0.15, 0.2) is 114 Å². The average Bonchev–Trinajstić information content (AvgIpc) is 2.99. The molecule has 4 aromatic carbocycles. The zero-order valence-corrected chi connectivity index (χ0v) is 26.2. The molecule has 0 radical (unpaired) electrons. The molecule has 0 saturated heterocycles. The standard InChI is InChI=1S/C33H33Cl2N3O4S/c1-24(2)36-33(40)31(21-25-11-5-3-6-12-25)37(22-26-13-9-10-16-30(26)35)32(39)23-38(28-14-7-4-8-15-28)43(41,42)29-19-17-27(34)18-20-29/h3-20,24,31H,21-23H2,1-2H3,(H,36,40)/t31-/m1/s1. The molecule has 0 aromatic heterocycles. The SMILES string of the molecule is CC(C)NC(=O)[C@@H](Cc1ccccc1)N(Cc1ccccc1Cl)C(=O)CN(c1ccccc1)S(=O)(=O)c1ccc(Cl)cc1. The van der Waals surface area contributed by atoms with E-state index in [2.05, 4.69) is 5.32 Å². The van der Waals surface area contributed by atoms with E-state index in [1.54, 1.807) is 54.6 Å². The molecule has 7 nitrogen and oxygen atoms in total. The van der Waals surface area contributed by atoms with Gasteiger partial charge in [-0.05, 0) is 67.4 Å². The first-order chi connectivity index (χ1) is 20.6. The minimum atomic E-state index is -4.20. The third kappa shape index (κ3) is 8.38. The summed E-state index contributed by atoms with van der Waals surface area (Å²) >= 11 is 12.5. The van der Waals surface area contributed by atoms with Gasteiger partial charge >= 0.3 is 0 Å². The topological polar surface area (TPSA) is 86.8 Å². The molecular weight excluding hydrogens is 605 g/mol. The van der Waals surface area contributed by atoms with Gasteiger partial charge in [-0.3, -0.25) is 13.9 Å². The summed E-state index contributed by atoms with van der Waals surface area (Å²) in [7, 11) is -4.20. The first-order valence-corrected chi connectivity index (χ1v) is 16.0. The van der Waals surface area contributed by atoms with Crippen molar-refractivity contribution in [1.82, 2.24) is 10.2 Å². The number of amides is 2. The maximum Gasteiger partial charge on any atom is 0.264 e. The van der Waals surface area contributed by atoms with Gasteiger partial charge < -0.3 is 10.2 Å². The third-order valence-corrected chi connectivity index (χ3v) is 9.13. The Kier molecular flexibility index (Phi) is 10.9. The van der Waals surface area contributed by atoms with Crippen LogP contribution in [0.3, 0.4) is 0 Å². The van der Waals surface area contributed by atoms with E-state index >= 15 is 0 Å². The van der Waals surface area contributed by atoms with Crippen molar-refractivity contribution in [1.29, 1.82) is 0 Å². The number of nitrogens with one attached hydrogen (secondary N) is 1. The first kappa shape index (κ1) is 32.1. The molecule has 1 N–H and O–H groups in total. The van der Waals surface area contributed by atoms with Crippen molar-refractivity contribution in [2.24, 2.45) is 0 Å². The monoisotopic (exact) mass is 637 g/mol. The molecule has 224 valence electrons. The van der Waals surface area contributed by atoms with Gasteiger partial charge in [0.25, 0.3) is 10.0 Å². The number of halogens is 2.